The Labute approximate surface area is 145 Å². The van der Waals surface area contributed by atoms with E-state index in [-0.39, 0.29) is 23.6 Å². The van der Waals surface area contributed by atoms with Crippen molar-refractivity contribution < 1.29 is 14.4 Å². The smallest absolute Gasteiger partial charge is 0.319 e. The first-order valence-corrected chi connectivity index (χ1v) is 9.17. The van der Waals surface area contributed by atoms with Crippen LogP contribution in [0.5, 0.6) is 0 Å². The van der Waals surface area contributed by atoms with Crippen molar-refractivity contribution in [3.05, 3.63) is 11.1 Å². The minimum absolute atomic E-state index is 0.0540. The average molecular weight is 350 g/mol. The monoisotopic (exact) mass is 350 g/mol. The van der Waals surface area contributed by atoms with Crippen molar-refractivity contribution in [2.45, 2.75) is 32.6 Å². The molecule has 3 amide bonds. The van der Waals surface area contributed by atoms with Crippen molar-refractivity contribution in [3.8, 4) is 0 Å². The van der Waals surface area contributed by atoms with Gasteiger partial charge in [-0.05, 0) is 25.7 Å². The van der Waals surface area contributed by atoms with Crippen LogP contribution in [0.2, 0.25) is 0 Å². The van der Waals surface area contributed by atoms with E-state index in [0.717, 1.165) is 25.9 Å². The number of aromatic nitrogens is 1. The first-order chi connectivity index (χ1) is 11.5. The van der Waals surface area contributed by atoms with Crippen LogP contribution < -0.4 is 5.32 Å². The van der Waals surface area contributed by atoms with Crippen molar-refractivity contribution >= 4 is 34.2 Å². The summed E-state index contributed by atoms with van der Waals surface area (Å²) < 4.78 is 0. The van der Waals surface area contributed by atoms with Crippen LogP contribution in [-0.2, 0) is 4.79 Å². The molecule has 0 aliphatic carbocycles. The number of urea groups is 1. The Morgan fingerprint density at radius 1 is 1.12 bits per heavy atom. The van der Waals surface area contributed by atoms with Gasteiger partial charge in [-0.2, -0.15) is 0 Å². The van der Waals surface area contributed by atoms with Crippen LogP contribution in [0.1, 0.15) is 42.3 Å². The second-order valence-electron chi connectivity index (χ2n) is 6.31. The maximum atomic E-state index is 12.3. The lowest BCUT2D eigenvalue weighted by Crippen LogP contribution is -2.47. The molecule has 7 nitrogen and oxygen atoms in total. The lowest BCUT2D eigenvalue weighted by Gasteiger charge is -2.33. The molecular formula is C16H22N4O3S. The summed E-state index contributed by atoms with van der Waals surface area (Å²) in [5.74, 6) is -0.244. The summed E-state index contributed by atoms with van der Waals surface area (Å²) in [6, 6.07) is 0.109. The zero-order valence-electron chi connectivity index (χ0n) is 13.8. The molecule has 2 saturated heterocycles. The number of rotatable bonds is 3. The van der Waals surface area contributed by atoms with Crippen LogP contribution >= 0.6 is 11.3 Å². The number of ketones is 1. The zero-order valence-corrected chi connectivity index (χ0v) is 14.6. The van der Waals surface area contributed by atoms with Gasteiger partial charge in [0.1, 0.15) is 0 Å². The minimum Gasteiger partial charge on any atom is -0.325 e. The Balaban J connectivity index is 1.49. The fourth-order valence-electron chi connectivity index (χ4n) is 3.14. The summed E-state index contributed by atoms with van der Waals surface area (Å²) in [4.78, 5) is 44.3. The molecule has 2 fully saturated rings. The molecule has 2 aliphatic rings. The Morgan fingerprint density at radius 2 is 1.75 bits per heavy atom. The molecule has 2 aliphatic heterocycles. The summed E-state index contributed by atoms with van der Waals surface area (Å²) in [5, 5.41) is 3.25. The molecule has 0 radical (unpaired) electrons. The number of likely N-dealkylation sites (tertiary alicyclic amines) is 2. The van der Waals surface area contributed by atoms with E-state index in [1.165, 1.54) is 24.5 Å². The number of carbonyl (C=O) groups is 3. The van der Waals surface area contributed by atoms with Gasteiger partial charge < -0.3 is 15.1 Å². The zero-order chi connectivity index (χ0) is 17.1. The molecule has 0 saturated carbocycles. The van der Waals surface area contributed by atoms with Crippen molar-refractivity contribution in [1.82, 2.24) is 14.8 Å². The first-order valence-electron chi connectivity index (χ1n) is 8.36. The average Bonchev–Trinajstić information content (AvgIpc) is 3.26. The van der Waals surface area contributed by atoms with Crippen molar-refractivity contribution in [1.29, 1.82) is 0 Å². The number of anilines is 1. The predicted molar refractivity (Wildman–Crippen MR) is 91.2 cm³/mol. The summed E-state index contributed by atoms with van der Waals surface area (Å²) >= 11 is 1.19. The highest BCUT2D eigenvalue weighted by molar-refractivity contribution is 7.17. The molecular weight excluding hydrogens is 328 g/mol. The number of piperidine rings is 1. The van der Waals surface area contributed by atoms with E-state index in [1.54, 1.807) is 0 Å². The number of carbonyl (C=O) groups excluding carboxylic acids is 3. The molecule has 3 rings (SSSR count). The van der Waals surface area contributed by atoms with Crippen LogP contribution in [-0.4, -0.2) is 58.7 Å². The molecule has 0 unspecified atom stereocenters. The number of thiazole rings is 1. The van der Waals surface area contributed by atoms with E-state index in [0.29, 0.717) is 35.9 Å². The Morgan fingerprint density at radius 3 is 2.33 bits per heavy atom. The van der Waals surface area contributed by atoms with Crippen LogP contribution in [0.25, 0.3) is 0 Å². The van der Waals surface area contributed by atoms with Crippen molar-refractivity contribution in [2.75, 3.05) is 31.5 Å². The van der Waals surface area contributed by atoms with Gasteiger partial charge in [-0.1, -0.05) is 11.3 Å². The summed E-state index contributed by atoms with van der Waals surface area (Å²) in [6.07, 6.45) is 4.98. The molecule has 130 valence electrons. The van der Waals surface area contributed by atoms with Gasteiger partial charge >= 0.3 is 6.03 Å². The van der Waals surface area contributed by atoms with Gasteiger partial charge in [0.25, 0.3) is 0 Å². The molecule has 0 aromatic carbocycles. The van der Waals surface area contributed by atoms with E-state index in [2.05, 4.69) is 10.3 Å². The summed E-state index contributed by atoms with van der Waals surface area (Å²) in [5.41, 5.74) is 0. The molecule has 1 N–H and O–H groups in total. The quantitative estimate of drug-likeness (QED) is 0.847. The summed E-state index contributed by atoms with van der Waals surface area (Å²) in [6.45, 7) is 4.41. The maximum Gasteiger partial charge on any atom is 0.319 e. The van der Waals surface area contributed by atoms with Crippen molar-refractivity contribution in [3.63, 3.8) is 0 Å². The summed E-state index contributed by atoms with van der Waals surface area (Å²) in [7, 11) is 0. The SMILES string of the molecule is CC(=O)c1cnc(NC(=O)C2CCN(C(=O)N3CCCC3)CC2)s1. The fourth-order valence-corrected chi connectivity index (χ4v) is 3.86. The van der Waals surface area contributed by atoms with Crippen LogP contribution in [0.4, 0.5) is 9.93 Å². The lowest BCUT2D eigenvalue weighted by atomic mass is 9.96. The maximum absolute atomic E-state index is 12.3. The van der Waals surface area contributed by atoms with Gasteiger partial charge in [0, 0.05) is 39.0 Å². The normalized spacial score (nSPS) is 18.7. The van der Waals surface area contributed by atoms with E-state index in [1.807, 2.05) is 9.80 Å². The molecule has 1 aromatic heterocycles. The Kier molecular flexibility index (Phi) is 5.13. The second-order valence-corrected chi connectivity index (χ2v) is 7.34. The molecule has 0 spiro atoms. The largest absolute Gasteiger partial charge is 0.325 e. The molecule has 3 heterocycles. The standard InChI is InChI=1S/C16H22N4O3S/c1-11(21)13-10-17-15(24-13)18-14(22)12-4-8-20(9-5-12)16(23)19-6-2-3-7-19/h10,12H,2-9H2,1H3,(H,17,18,22). The number of hydrogen-bond acceptors (Lipinski definition) is 5. The number of nitrogens with one attached hydrogen (secondary N) is 1. The number of hydrogen-bond donors (Lipinski definition) is 1. The Bertz CT molecular complexity index is 631. The Hall–Kier alpha value is -1.96. The first kappa shape index (κ1) is 16.9. The van der Waals surface area contributed by atoms with E-state index in [9.17, 15) is 14.4 Å². The molecule has 24 heavy (non-hydrogen) atoms. The van der Waals surface area contributed by atoms with Gasteiger partial charge in [-0.15, -0.1) is 0 Å². The van der Waals surface area contributed by atoms with Gasteiger partial charge in [0.15, 0.2) is 10.9 Å². The molecule has 0 atom stereocenters. The number of nitrogens with zero attached hydrogens (tertiary/aromatic N) is 3. The van der Waals surface area contributed by atoms with Crippen LogP contribution in [0.15, 0.2) is 6.20 Å². The van der Waals surface area contributed by atoms with Gasteiger partial charge in [0.2, 0.25) is 5.91 Å². The van der Waals surface area contributed by atoms with Gasteiger partial charge in [-0.25, -0.2) is 9.78 Å². The molecule has 1 aromatic rings. The van der Waals surface area contributed by atoms with Crippen LogP contribution in [0.3, 0.4) is 0 Å². The molecule has 0 bridgehead atoms. The van der Waals surface area contributed by atoms with E-state index < -0.39 is 0 Å². The highest BCUT2D eigenvalue weighted by Gasteiger charge is 2.30. The van der Waals surface area contributed by atoms with E-state index >= 15 is 0 Å². The fraction of sp³-hybridized carbons (Fsp3) is 0.625. The third-order valence-corrected chi connectivity index (χ3v) is 5.61. The van der Waals surface area contributed by atoms with Crippen LogP contribution in [0, 0.1) is 5.92 Å². The highest BCUT2D eigenvalue weighted by Crippen LogP contribution is 2.23. The minimum atomic E-state index is -0.114. The second kappa shape index (κ2) is 7.29. The third-order valence-electron chi connectivity index (χ3n) is 4.60. The van der Waals surface area contributed by atoms with Gasteiger partial charge in [0.05, 0.1) is 11.1 Å². The predicted octanol–water partition coefficient (Wildman–Crippen LogP) is 2.21. The topological polar surface area (TPSA) is 82.6 Å². The molecule has 8 heteroatoms. The lowest BCUT2D eigenvalue weighted by molar-refractivity contribution is -0.121. The third kappa shape index (κ3) is 3.75. The van der Waals surface area contributed by atoms with E-state index in [4.69, 9.17) is 0 Å². The van der Waals surface area contributed by atoms with Gasteiger partial charge in [-0.3, -0.25) is 9.59 Å². The highest BCUT2D eigenvalue weighted by atomic mass is 32.1. The number of amides is 3. The number of Topliss-reactive ketones (excluding diaryl/α,β-unsaturated/α-hetero) is 1. The van der Waals surface area contributed by atoms with Crippen molar-refractivity contribution in [2.24, 2.45) is 5.92 Å².